The van der Waals surface area contributed by atoms with E-state index in [0.717, 1.165) is 28.1 Å². The quantitative estimate of drug-likeness (QED) is 0.308. The second-order valence-electron chi connectivity index (χ2n) is 8.15. The number of aromatic nitrogens is 2. The first kappa shape index (κ1) is 23.6. The molecular formula is C27H27N3O3S. The van der Waals surface area contributed by atoms with Gasteiger partial charge in [0.25, 0.3) is 5.56 Å². The molecule has 3 aromatic carbocycles. The number of ether oxygens (including phenoxy) is 1. The van der Waals surface area contributed by atoms with Gasteiger partial charge in [-0.25, -0.2) is 4.98 Å². The van der Waals surface area contributed by atoms with Gasteiger partial charge in [-0.2, -0.15) is 0 Å². The predicted molar refractivity (Wildman–Crippen MR) is 137 cm³/mol. The van der Waals surface area contributed by atoms with E-state index in [1.165, 1.54) is 11.8 Å². The molecule has 0 aliphatic carbocycles. The Morgan fingerprint density at radius 1 is 1.06 bits per heavy atom. The Labute approximate surface area is 203 Å². The molecule has 0 saturated heterocycles. The minimum absolute atomic E-state index is 0.130. The number of hydrogen-bond acceptors (Lipinski definition) is 5. The average Bonchev–Trinajstić information content (AvgIpc) is 2.85. The summed E-state index contributed by atoms with van der Waals surface area (Å²) in [6.45, 7) is 6.27. The van der Waals surface area contributed by atoms with Gasteiger partial charge in [0.15, 0.2) is 5.16 Å². The fourth-order valence-corrected chi connectivity index (χ4v) is 4.52. The number of amides is 1. The molecule has 7 heteroatoms. The van der Waals surface area contributed by atoms with Gasteiger partial charge in [-0.15, -0.1) is 0 Å². The van der Waals surface area contributed by atoms with Crippen LogP contribution in [0.25, 0.3) is 16.6 Å². The standard InChI is InChI=1S/C27H27N3O3S/c1-17-9-12-21(15-18(17)2)30-26(32)23-7-5-6-8-24(23)29-27(30)34-19(3)25(31)28-16-20-10-13-22(33-4)14-11-20/h5-15,19H,16H2,1-4H3,(H,28,31). The van der Waals surface area contributed by atoms with E-state index in [4.69, 9.17) is 9.72 Å². The monoisotopic (exact) mass is 473 g/mol. The summed E-state index contributed by atoms with van der Waals surface area (Å²) in [5.41, 5.74) is 4.40. The third-order valence-corrected chi connectivity index (χ3v) is 6.82. The molecule has 0 aliphatic heterocycles. The van der Waals surface area contributed by atoms with E-state index >= 15 is 0 Å². The van der Waals surface area contributed by atoms with Crippen LogP contribution in [-0.2, 0) is 11.3 Å². The van der Waals surface area contributed by atoms with Crippen LogP contribution in [0.2, 0.25) is 0 Å². The van der Waals surface area contributed by atoms with Crippen molar-refractivity contribution in [1.29, 1.82) is 0 Å². The summed E-state index contributed by atoms with van der Waals surface area (Å²) in [5, 5.41) is 3.54. The Hall–Kier alpha value is -3.58. The van der Waals surface area contributed by atoms with Crippen molar-refractivity contribution in [2.24, 2.45) is 0 Å². The maximum atomic E-state index is 13.5. The number of nitrogens with one attached hydrogen (secondary N) is 1. The highest BCUT2D eigenvalue weighted by atomic mass is 32.2. The van der Waals surface area contributed by atoms with Crippen LogP contribution in [0, 0.1) is 13.8 Å². The number of carbonyl (C=O) groups is 1. The summed E-state index contributed by atoms with van der Waals surface area (Å²) in [7, 11) is 1.62. The lowest BCUT2D eigenvalue weighted by Gasteiger charge is -2.17. The van der Waals surface area contributed by atoms with E-state index in [1.807, 2.05) is 81.4 Å². The summed E-state index contributed by atoms with van der Waals surface area (Å²) < 4.78 is 6.78. The zero-order chi connectivity index (χ0) is 24.2. The van der Waals surface area contributed by atoms with E-state index in [1.54, 1.807) is 17.7 Å². The van der Waals surface area contributed by atoms with Crippen LogP contribution in [0.1, 0.15) is 23.6 Å². The van der Waals surface area contributed by atoms with Crippen LogP contribution in [-0.4, -0.2) is 27.8 Å². The van der Waals surface area contributed by atoms with Gasteiger partial charge >= 0.3 is 0 Å². The zero-order valence-corrected chi connectivity index (χ0v) is 20.5. The normalized spacial score (nSPS) is 11.9. The maximum absolute atomic E-state index is 13.5. The van der Waals surface area contributed by atoms with Gasteiger partial charge < -0.3 is 10.1 Å². The van der Waals surface area contributed by atoms with Gasteiger partial charge in [0.2, 0.25) is 5.91 Å². The molecule has 1 heterocycles. The van der Waals surface area contributed by atoms with Gasteiger partial charge in [-0.1, -0.05) is 42.1 Å². The molecule has 34 heavy (non-hydrogen) atoms. The van der Waals surface area contributed by atoms with Gasteiger partial charge in [-0.3, -0.25) is 14.2 Å². The molecule has 1 aromatic heterocycles. The number of aryl methyl sites for hydroxylation is 2. The number of hydrogen-bond donors (Lipinski definition) is 1. The van der Waals surface area contributed by atoms with Crippen molar-refractivity contribution < 1.29 is 9.53 Å². The molecule has 174 valence electrons. The van der Waals surface area contributed by atoms with Crippen LogP contribution < -0.4 is 15.6 Å². The summed E-state index contributed by atoms with van der Waals surface area (Å²) in [4.78, 5) is 31.1. The van der Waals surface area contributed by atoms with Crippen molar-refractivity contribution in [2.75, 3.05) is 7.11 Å². The smallest absolute Gasteiger partial charge is 0.266 e. The third-order valence-electron chi connectivity index (χ3n) is 5.77. The lowest BCUT2D eigenvalue weighted by molar-refractivity contribution is -0.120. The van der Waals surface area contributed by atoms with Crippen molar-refractivity contribution in [3.8, 4) is 11.4 Å². The number of rotatable bonds is 7. The summed E-state index contributed by atoms with van der Waals surface area (Å²) in [6, 6.07) is 20.7. The molecule has 0 fully saturated rings. The summed E-state index contributed by atoms with van der Waals surface area (Å²) in [5.74, 6) is 0.639. The molecule has 1 amide bonds. The average molecular weight is 474 g/mol. The molecule has 0 spiro atoms. The lowest BCUT2D eigenvalue weighted by atomic mass is 10.1. The number of carbonyl (C=O) groups excluding carboxylic acids is 1. The van der Waals surface area contributed by atoms with Crippen molar-refractivity contribution >= 4 is 28.6 Å². The van der Waals surface area contributed by atoms with Crippen LogP contribution >= 0.6 is 11.8 Å². The number of para-hydroxylation sites is 1. The van der Waals surface area contributed by atoms with Gasteiger partial charge in [-0.05, 0) is 73.9 Å². The largest absolute Gasteiger partial charge is 0.497 e. The maximum Gasteiger partial charge on any atom is 0.266 e. The Bertz CT molecular complexity index is 1400. The van der Waals surface area contributed by atoms with Crippen molar-refractivity contribution in [3.05, 3.63) is 93.8 Å². The van der Waals surface area contributed by atoms with Crippen molar-refractivity contribution in [1.82, 2.24) is 14.9 Å². The molecule has 0 aliphatic rings. The minimum Gasteiger partial charge on any atom is -0.497 e. The van der Waals surface area contributed by atoms with Crippen LogP contribution in [0.4, 0.5) is 0 Å². The van der Waals surface area contributed by atoms with Crippen molar-refractivity contribution in [3.63, 3.8) is 0 Å². The second kappa shape index (κ2) is 10.1. The van der Waals surface area contributed by atoms with E-state index in [2.05, 4.69) is 5.32 Å². The van der Waals surface area contributed by atoms with Crippen LogP contribution in [0.3, 0.4) is 0 Å². The fraction of sp³-hybridized carbons (Fsp3) is 0.222. The minimum atomic E-state index is -0.455. The molecule has 0 radical (unpaired) electrons. The first-order valence-corrected chi connectivity index (χ1v) is 11.9. The molecule has 4 rings (SSSR count). The Morgan fingerprint density at radius 2 is 1.79 bits per heavy atom. The number of methoxy groups -OCH3 is 1. The summed E-state index contributed by atoms with van der Waals surface area (Å²) in [6.07, 6.45) is 0. The third kappa shape index (κ3) is 4.99. The highest BCUT2D eigenvalue weighted by Gasteiger charge is 2.20. The highest BCUT2D eigenvalue weighted by molar-refractivity contribution is 8.00. The van der Waals surface area contributed by atoms with Crippen molar-refractivity contribution in [2.45, 2.75) is 37.7 Å². The molecule has 1 atom stereocenters. The molecule has 1 N–H and O–H groups in total. The van der Waals surface area contributed by atoms with E-state index < -0.39 is 5.25 Å². The Balaban J connectivity index is 1.62. The zero-order valence-electron chi connectivity index (χ0n) is 19.7. The number of benzene rings is 3. The highest BCUT2D eigenvalue weighted by Crippen LogP contribution is 2.26. The van der Waals surface area contributed by atoms with Crippen LogP contribution in [0.5, 0.6) is 5.75 Å². The Kier molecular flexibility index (Phi) is 7.03. The van der Waals surface area contributed by atoms with E-state index in [9.17, 15) is 9.59 Å². The molecule has 6 nitrogen and oxygen atoms in total. The predicted octanol–water partition coefficient (Wildman–Crippen LogP) is 4.81. The fourth-order valence-electron chi connectivity index (χ4n) is 3.57. The van der Waals surface area contributed by atoms with Gasteiger partial charge in [0.05, 0.1) is 29.0 Å². The molecule has 0 saturated carbocycles. The van der Waals surface area contributed by atoms with E-state index in [0.29, 0.717) is 22.6 Å². The topological polar surface area (TPSA) is 73.2 Å². The molecule has 0 bridgehead atoms. The second-order valence-corrected chi connectivity index (χ2v) is 9.45. The number of thioether (sulfide) groups is 1. The summed E-state index contributed by atoms with van der Waals surface area (Å²) >= 11 is 1.27. The van der Waals surface area contributed by atoms with Crippen LogP contribution in [0.15, 0.2) is 76.7 Å². The first-order chi connectivity index (χ1) is 16.4. The van der Waals surface area contributed by atoms with E-state index in [-0.39, 0.29) is 11.5 Å². The first-order valence-electron chi connectivity index (χ1n) is 11.0. The lowest BCUT2D eigenvalue weighted by Crippen LogP contribution is -2.31. The number of nitrogens with zero attached hydrogens (tertiary/aromatic N) is 2. The Morgan fingerprint density at radius 3 is 2.50 bits per heavy atom. The molecule has 4 aromatic rings. The molecule has 1 unspecified atom stereocenters. The number of fused-ring (bicyclic) bond motifs is 1. The van der Waals surface area contributed by atoms with Gasteiger partial charge in [0, 0.05) is 6.54 Å². The van der Waals surface area contributed by atoms with Gasteiger partial charge in [0.1, 0.15) is 5.75 Å². The molecular weight excluding hydrogens is 446 g/mol. The SMILES string of the molecule is COc1ccc(CNC(=O)C(C)Sc2nc3ccccc3c(=O)n2-c2ccc(C)c(C)c2)cc1.